The SMILES string of the molecule is CC1CCCC(CN)(C2(O)CCOCC2)C1. The highest BCUT2D eigenvalue weighted by Gasteiger charge is 2.51. The molecule has 3 nitrogen and oxygen atoms in total. The molecule has 0 radical (unpaired) electrons. The molecule has 0 bridgehead atoms. The van der Waals surface area contributed by atoms with E-state index < -0.39 is 5.60 Å². The van der Waals surface area contributed by atoms with Crippen LogP contribution in [0.2, 0.25) is 0 Å². The van der Waals surface area contributed by atoms with Crippen molar-refractivity contribution in [1.82, 2.24) is 0 Å². The standard InChI is InChI=1S/C13H25NO2/c1-11-3-2-4-12(9-11,10-14)13(15)5-7-16-8-6-13/h11,15H,2-10,14H2,1H3. The molecule has 1 aliphatic heterocycles. The minimum absolute atomic E-state index is 0.0472. The highest BCUT2D eigenvalue weighted by atomic mass is 16.5. The van der Waals surface area contributed by atoms with Gasteiger partial charge in [0, 0.05) is 38.0 Å². The molecule has 1 aliphatic carbocycles. The fourth-order valence-corrected chi connectivity index (χ4v) is 3.70. The second-order valence-corrected chi connectivity index (χ2v) is 5.83. The lowest BCUT2D eigenvalue weighted by molar-refractivity contribution is -0.158. The molecule has 94 valence electrons. The molecule has 2 rings (SSSR count). The van der Waals surface area contributed by atoms with Crippen molar-refractivity contribution < 1.29 is 9.84 Å². The van der Waals surface area contributed by atoms with Gasteiger partial charge in [0.25, 0.3) is 0 Å². The van der Waals surface area contributed by atoms with Gasteiger partial charge in [-0.25, -0.2) is 0 Å². The van der Waals surface area contributed by atoms with Crippen LogP contribution in [0.3, 0.4) is 0 Å². The van der Waals surface area contributed by atoms with Crippen LogP contribution in [0, 0.1) is 11.3 Å². The molecular weight excluding hydrogens is 202 g/mol. The van der Waals surface area contributed by atoms with Crippen LogP contribution < -0.4 is 5.73 Å². The molecule has 3 N–H and O–H groups in total. The Kier molecular flexibility index (Phi) is 3.57. The number of ether oxygens (including phenoxy) is 1. The summed E-state index contributed by atoms with van der Waals surface area (Å²) in [7, 11) is 0. The Labute approximate surface area is 98.4 Å². The van der Waals surface area contributed by atoms with Crippen molar-refractivity contribution in [3.8, 4) is 0 Å². The monoisotopic (exact) mass is 227 g/mol. The molecule has 2 unspecified atom stereocenters. The van der Waals surface area contributed by atoms with E-state index >= 15 is 0 Å². The van der Waals surface area contributed by atoms with Gasteiger partial charge in [-0.1, -0.05) is 19.8 Å². The third-order valence-corrected chi connectivity index (χ3v) is 4.79. The fraction of sp³-hybridized carbons (Fsp3) is 1.00. The molecule has 0 aromatic heterocycles. The summed E-state index contributed by atoms with van der Waals surface area (Å²) in [5.41, 5.74) is 5.39. The first kappa shape index (κ1) is 12.3. The molecule has 1 saturated carbocycles. The molecular formula is C13H25NO2. The Balaban J connectivity index is 2.18. The van der Waals surface area contributed by atoms with Gasteiger partial charge in [0.1, 0.15) is 0 Å². The summed E-state index contributed by atoms with van der Waals surface area (Å²) in [6, 6.07) is 0. The topological polar surface area (TPSA) is 55.5 Å². The summed E-state index contributed by atoms with van der Waals surface area (Å²) < 4.78 is 5.37. The number of hydrogen-bond acceptors (Lipinski definition) is 3. The maximum Gasteiger partial charge on any atom is 0.0759 e. The summed E-state index contributed by atoms with van der Waals surface area (Å²) in [6.07, 6.45) is 6.19. The third-order valence-electron chi connectivity index (χ3n) is 4.79. The number of hydrogen-bond donors (Lipinski definition) is 2. The van der Waals surface area contributed by atoms with Crippen molar-refractivity contribution in [3.63, 3.8) is 0 Å². The van der Waals surface area contributed by atoms with Crippen LogP contribution in [0.15, 0.2) is 0 Å². The first-order valence-corrected chi connectivity index (χ1v) is 6.62. The zero-order chi connectivity index (χ0) is 11.6. The molecule has 0 amide bonds. The highest BCUT2D eigenvalue weighted by Crippen LogP contribution is 2.49. The van der Waals surface area contributed by atoms with Crippen molar-refractivity contribution in [2.45, 2.75) is 51.0 Å². The molecule has 16 heavy (non-hydrogen) atoms. The van der Waals surface area contributed by atoms with Crippen LogP contribution >= 0.6 is 0 Å². The first-order chi connectivity index (χ1) is 7.62. The van der Waals surface area contributed by atoms with Gasteiger partial charge in [0.05, 0.1) is 5.60 Å². The van der Waals surface area contributed by atoms with E-state index in [2.05, 4.69) is 6.92 Å². The summed E-state index contributed by atoms with van der Waals surface area (Å²) in [5.74, 6) is 0.698. The Bertz CT molecular complexity index is 238. The summed E-state index contributed by atoms with van der Waals surface area (Å²) >= 11 is 0. The van der Waals surface area contributed by atoms with Crippen LogP contribution in [-0.4, -0.2) is 30.5 Å². The van der Waals surface area contributed by atoms with Crippen molar-refractivity contribution in [2.24, 2.45) is 17.1 Å². The van der Waals surface area contributed by atoms with E-state index in [9.17, 15) is 5.11 Å². The Hall–Kier alpha value is -0.120. The largest absolute Gasteiger partial charge is 0.389 e. The maximum absolute atomic E-state index is 10.9. The minimum atomic E-state index is -0.575. The smallest absolute Gasteiger partial charge is 0.0759 e. The van der Waals surface area contributed by atoms with Crippen LogP contribution in [0.5, 0.6) is 0 Å². The van der Waals surface area contributed by atoms with Gasteiger partial charge in [-0.15, -0.1) is 0 Å². The summed E-state index contributed by atoms with van der Waals surface area (Å²) in [5, 5.41) is 10.9. The predicted octanol–water partition coefficient (Wildman–Crippen LogP) is 1.68. The van der Waals surface area contributed by atoms with Crippen molar-refractivity contribution in [1.29, 1.82) is 0 Å². The van der Waals surface area contributed by atoms with Crippen molar-refractivity contribution in [2.75, 3.05) is 19.8 Å². The molecule has 0 spiro atoms. The Morgan fingerprint density at radius 3 is 2.56 bits per heavy atom. The zero-order valence-electron chi connectivity index (χ0n) is 10.4. The Morgan fingerprint density at radius 1 is 1.31 bits per heavy atom. The average molecular weight is 227 g/mol. The highest BCUT2D eigenvalue weighted by molar-refractivity contribution is 5.02. The van der Waals surface area contributed by atoms with Crippen molar-refractivity contribution in [3.05, 3.63) is 0 Å². The molecule has 3 heteroatoms. The summed E-state index contributed by atoms with van der Waals surface area (Å²) in [6.45, 7) is 4.28. The quantitative estimate of drug-likeness (QED) is 0.754. The van der Waals surface area contributed by atoms with Gasteiger partial charge in [-0.2, -0.15) is 0 Å². The second kappa shape index (κ2) is 4.63. The average Bonchev–Trinajstić information content (AvgIpc) is 2.29. The van der Waals surface area contributed by atoms with Gasteiger partial charge in [0.2, 0.25) is 0 Å². The lowest BCUT2D eigenvalue weighted by Crippen LogP contribution is -2.57. The molecule has 2 fully saturated rings. The number of rotatable bonds is 2. The lowest BCUT2D eigenvalue weighted by atomic mass is 9.58. The van der Waals surface area contributed by atoms with E-state index in [1.54, 1.807) is 0 Å². The predicted molar refractivity (Wildman–Crippen MR) is 64.1 cm³/mol. The number of nitrogens with two attached hydrogens (primary N) is 1. The molecule has 1 heterocycles. The van der Waals surface area contributed by atoms with Gasteiger partial charge < -0.3 is 15.6 Å². The van der Waals surface area contributed by atoms with E-state index in [1.807, 2.05) is 0 Å². The van der Waals surface area contributed by atoms with Crippen LogP contribution in [0.4, 0.5) is 0 Å². The van der Waals surface area contributed by atoms with Gasteiger partial charge in [0.15, 0.2) is 0 Å². The lowest BCUT2D eigenvalue weighted by Gasteiger charge is -2.52. The van der Waals surface area contributed by atoms with Gasteiger partial charge >= 0.3 is 0 Å². The molecule has 0 aromatic carbocycles. The van der Waals surface area contributed by atoms with Gasteiger partial charge in [-0.05, 0) is 18.8 Å². The molecule has 2 aliphatic rings. The van der Waals surface area contributed by atoms with E-state index in [-0.39, 0.29) is 5.41 Å². The first-order valence-electron chi connectivity index (χ1n) is 6.62. The van der Waals surface area contributed by atoms with Crippen molar-refractivity contribution >= 4 is 0 Å². The van der Waals surface area contributed by atoms with Crippen LogP contribution in [-0.2, 0) is 4.74 Å². The minimum Gasteiger partial charge on any atom is -0.389 e. The van der Waals surface area contributed by atoms with E-state index in [1.165, 1.54) is 12.8 Å². The van der Waals surface area contributed by atoms with Crippen LogP contribution in [0.25, 0.3) is 0 Å². The fourth-order valence-electron chi connectivity index (χ4n) is 3.70. The number of aliphatic hydroxyl groups is 1. The van der Waals surface area contributed by atoms with Gasteiger partial charge in [-0.3, -0.25) is 0 Å². The summed E-state index contributed by atoms with van der Waals surface area (Å²) in [4.78, 5) is 0. The Morgan fingerprint density at radius 2 is 2.00 bits per heavy atom. The van der Waals surface area contributed by atoms with E-state index in [4.69, 9.17) is 10.5 Å². The van der Waals surface area contributed by atoms with E-state index in [0.717, 1.165) is 25.7 Å². The maximum atomic E-state index is 10.9. The molecule has 1 saturated heterocycles. The molecule has 2 atom stereocenters. The second-order valence-electron chi connectivity index (χ2n) is 5.83. The van der Waals surface area contributed by atoms with Crippen LogP contribution in [0.1, 0.15) is 45.4 Å². The third kappa shape index (κ3) is 2.01. The normalized spacial score (nSPS) is 39.6. The zero-order valence-corrected chi connectivity index (χ0v) is 10.4. The molecule has 0 aromatic rings. The van der Waals surface area contributed by atoms with E-state index in [0.29, 0.717) is 25.7 Å².